The van der Waals surface area contributed by atoms with Crippen LogP contribution in [0.1, 0.15) is 30.6 Å². The molecule has 0 aromatic heterocycles. The highest BCUT2D eigenvalue weighted by Crippen LogP contribution is 2.29. The first-order chi connectivity index (χ1) is 10.3. The molecular formula is C17H22N2O3. The third kappa shape index (κ3) is 3.04. The van der Waals surface area contributed by atoms with Crippen molar-refractivity contribution in [3.63, 3.8) is 0 Å². The number of aliphatic hydroxyl groups is 1. The lowest BCUT2D eigenvalue weighted by molar-refractivity contribution is -0.113. The number of likely N-dealkylation sites (N-methyl/N-ethyl adjacent to an activating group) is 1. The molecule has 1 aromatic rings. The maximum Gasteiger partial charge on any atom is 0.254 e. The number of benzene rings is 1. The van der Waals surface area contributed by atoms with E-state index >= 15 is 0 Å². The van der Waals surface area contributed by atoms with Gasteiger partial charge in [-0.25, -0.2) is 0 Å². The van der Waals surface area contributed by atoms with Gasteiger partial charge in [0.05, 0.1) is 11.6 Å². The Hall–Kier alpha value is -2.14. The summed E-state index contributed by atoms with van der Waals surface area (Å²) in [5, 5.41) is 10.1. The molecule has 1 unspecified atom stereocenters. The molecule has 118 valence electrons. The number of anilines is 1. The van der Waals surface area contributed by atoms with E-state index in [0.29, 0.717) is 17.8 Å². The summed E-state index contributed by atoms with van der Waals surface area (Å²) in [6.45, 7) is 7.54. The molecule has 0 bridgehead atoms. The molecule has 22 heavy (non-hydrogen) atoms. The number of rotatable bonds is 4. The van der Waals surface area contributed by atoms with Crippen molar-refractivity contribution < 1.29 is 14.7 Å². The Morgan fingerprint density at radius 1 is 1.36 bits per heavy atom. The lowest BCUT2D eigenvalue weighted by Crippen LogP contribution is -2.60. The van der Waals surface area contributed by atoms with E-state index in [0.717, 1.165) is 6.42 Å². The van der Waals surface area contributed by atoms with E-state index < -0.39 is 5.60 Å². The molecule has 1 aromatic carbocycles. The van der Waals surface area contributed by atoms with E-state index in [2.05, 4.69) is 6.58 Å². The normalized spacial score (nSPS) is 17.6. The van der Waals surface area contributed by atoms with E-state index in [9.17, 15) is 14.7 Å². The van der Waals surface area contributed by atoms with Crippen molar-refractivity contribution in [2.75, 3.05) is 18.5 Å². The van der Waals surface area contributed by atoms with Crippen molar-refractivity contribution in [3.05, 3.63) is 42.5 Å². The quantitative estimate of drug-likeness (QED) is 0.863. The maximum absolute atomic E-state index is 12.5. The number of likely N-dealkylation sites (tertiary alicyclic amines) is 1. The molecule has 1 atom stereocenters. The van der Waals surface area contributed by atoms with Crippen LogP contribution in [0.5, 0.6) is 0 Å². The minimum atomic E-state index is -0.898. The molecule has 2 amide bonds. The summed E-state index contributed by atoms with van der Waals surface area (Å²) < 4.78 is 0. The summed E-state index contributed by atoms with van der Waals surface area (Å²) >= 11 is 0. The molecule has 1 aliphatic heterocycles. The van der Waals surface area contributed by atoms with Crippen molar-refractivity contribution in [1.82, 2.24) is 4.90 Å². The van der Waals surface area contributed by atoms with Gasteiger partial charge in [-0.3, -0.25) is 9.59 Å². The van der Waals surface area contributed by atoms with Crippen LogP contribution in [0.15, 0.2) is 36.9 Å². The van der Waals surface area contributed by atoms with Gasteiger partial charge >= 0.3 is 0 Å². The zero-order valence-electron chi connectivity index (χ0n) is 13.2. The highest BCUT2D eigenvalue weighted by atomic mass is 16.3. The number of carbonyl (C=O) groups is 2. The lowest BCUT2D eigenvalue weighted by Gasteiger charge is -2.47. The molecule has 1 aliphatic rings. The van der Waals surface area contributed by atoms with Crippen LogP contribution in [0.25, 0.3) is 0 Å². The summed E-state index contributed by atoms with van der Waals surface area (Å²) in [5.74, 6) is -0.300. The Kier molecular flexibility index (Phi) is 4.37. The minimum absolute atomic E-state index is 0.0948. The molecule has 5 heteroatoms. The second-order valence-corrected chi connectivity index (χ2v) is 6.10. The predicted octanol–water partition coefficient (Wildman–Crippen LogP) is 1.82. The highest BCUT2D eigenvalue weighted by Gasteiger charge is 2.41. The molecule has 0 radical (unpaired) electrons. The molecule has 0 aliphatic carbocycles. The van der Waals surface area contributed by atoms with E-state index in [1.807, 2.05) is 0 Å². The molecular weight excluding hydrogens is 280 g/mol. The number of amides is 2. The van der Waals surface area contributed by atoms with E-state index in [-0.39, 0.29) is 17.9 Å². The zero-order valence-corrected chi connectivity index (χ0v) is 13.2. The van der Waals surface area contributed by atoms with Gasteiger partial charge < -0.3 is 14.9 Å². The molecule has 0 spiro atoms. The average molecular weight is 302 g/mol. The van der Waals surface area contributed by atoms with E-state index in [1.165, 1.54) is 11.0 Å². The first kappa shape index (κ1) is 16.2. The van der Waals surface area contributed by atoms with Gasteiger partial charge in [-0.05, 0) is 50.6 Å². The van der Waals surface area contributed by atoms with Gasteiger partial charge in [0.15, 0.2) is 0 Å². The van der Waals surface area contributed by atoms with Gasteiger partial charge in [-0.1, -0.05) is 6.58 Å². The minimum Gasteiger partial charge on any atom is -0.388 e. The van der Waals surface area contributed by atoms with Crippen LogP contribution < -0.4 is 4.90 Å². The molecule has 1 heterocycles. The molecule has 5 nitrogen and oxygen atoms in total. The van der Waals surface area contributed by atoms with Crippen molar-refractivity contribution in [2.24, 2.45) is 0 Å². The number of hydrogen-bond donors (Lipinski definition) is 1. The number of nitrogens with zero attached hydrogens (tertiary/aromatic N) is 2. The summed E-state index contributed by atoms with van der Waals surface area (Å²) in [6, 6.07) is 6.71. The Labute approximate surface area is 130 Å². The van der Waals surface area contributed by atoms with Gasteiger partial charge in [0.2, 0.25) is 5.91 Å². The summed E-state index contributed by atoms with van der Waals surface area (Å²) in [5.41, 5.74) is 0.353. The Bertz CT molecular complexity index is 587. The maximum atomic E-state index is 12.5. The number of hydrogen-bond acceptors (Lipinski definition) is 3. The van der Waals surface area contributed by atoms with Crippen LogP contribution in [0, 0.1) is 0 Å². The van der Waals surface area contributed by atoms with Crippen LogP contribution in [0.3, 0.4) is 0 Å². The van der Waals surface area contributed by atoms with E-state index in [1.54, 1.807) is 50.1 Å². The van der Waals surface area contributed by atoms with Gasteiger partial charge in [0.25, 0.3) is 5.91 Å². The van der Waals surface area contributed by atoms with Crippen molar-refractivity contribution >= 4 is 17.5 Å². The molecule has 1 N–H and O–H groups in total. The van der Waals surface area contributed by atoms with Crippen molar-refractivity contribution in [3.8, 4) is 0 Å². The first-order valence-electron chi connectivity index (χ1n) is 7.29. The fourth-order valence-electron chi connectivity index (χ4n) is 2.62. The van der Waals surface area contributed by atoms with Crippen LogP contribution in [0.2, 0.25) is 0 Å². The zero-order chi connectivity index (χ0) is 16.5. The molecule has 2 rings (SSSR count). The topological polar surface area (TPSA) is 60.9 Å². The second-order valence-electron chi connectivity index (χ2n) is 6.10. The van der Waals surface area contributed by atoms with E-state index in [4.69, 9.17) is 0 Å². The van der Waals surface area contributed by atoms with Gasteiger partial charge in [-0.2, -0.15) is 0 Å². The second kappa shape index (κ2) is 5.93. The van der Waals surface area contributed by atoms with Crippen molar-refractivity contribution in [2.45, 2.75) is 31.9 Å². The summed E-state index contributed by atoms with van der Waals surface area (Å²) in [6.07, 6.45) is 2.05. The predicted molar refractivity (Wildman–Crippen MR) is 85.8 cm³/mol. The Balaban J connectivity index is 2.12. The highest BCUT2D eigenvalue weighted by molar-refractivity contribution is 6.01. The fraction of sp³-hybridized carbons (Fsp3) is 0.412. The number of carbonyl (C=O) groups excluding carboxylic acids is 2. The van der Waals surface area contributed by atoms with Gasteiger partial charge in [0, 0.05) is 24.8 Å². The Morgan fingerprint density at radius 2 is 1.95 bits per heavy atom. The standard InChI is InChI=1S/C17H22N2O3/c1-5-15(20)18(4)13-8-6-12(7-9-13)16(21)19-11-10-14(19)17(2,3)22/h5-9,14,22H,1,10-11H2,2-4H3. The SMILES string of the molecule is C=CC(=O)N(C)c1ccc(C(=O)N2CCC2C(C)(C)O)cc1. The van der Waals surface area contributed by atoms with Crippen LogP contribution in [0.4, 0.5) is 5.69 Å². The average Bonchev–Trinajstić information content (AvgIpc) is 2.42. The Morgan fingerprint density at radius 3 is 2.36 bits per heavy atom. The third-order valence-corrected chi connectivity index (χ3v) is 4.10. The van der Waals surface area contributed by atoms with Crippen LogP contribution in [-0.4, -0.2) is 47.1 Å². The largest absolute Gasteiger partial charge is 0.388 e. The smallest absolute Gasteiger partial charge is 0.254 e. The third-order valence-electron chi connectivity index (χ3n) is 4.10. The summed E-state index contributed by atoms with van der Waals surface area (Å²) in [7, 11) is 1.65. The fourth-order valence-corrected chi connectivity index (χ4v) is 2.62. The van der Waals surface area contributed by atoms with Crippen LogP contribution in [-0.2, 0) is 4.79 Å². The molecule has 0 saturated carbocycles. The van der Waals surface area contributed by atoms with Gasteiger partial charge in [-0.15, -0.1) is 0 Å². The monoisotopic (exact) mass is 302 g/mol. The van der Waals surface area contributed by atoms with Crippen molar-refractivity contribution in [1.29, 1.82) is 0 Å². The van der Waals surface area contributed by atoms with Gasteiger partial charge in [0.1, 0.15) is 0 Å². The summed E-state index contributed by atoms with van der Waals surface area (Å²) in [4.78, 5) is 27.2. The molecule has 1 fully saturated rings. The molecule has 1 saturated heterocycles. The lowest BCUT2D eigenvalue weighted by atomic mass is 9.87. The first-order valence-corrected chi connectivity index (χ1v) is 7.29. The van der Waals surface area contributed by atoms with Crippen LogP contribution >= 0.6 is 0 Å².